The summed E-state index contributed by atoms with van der Waals surface area (Å²) in [7, 11) is 2.23. The Hall–Kier alpha value is -1.06. The second-order valence-corrected chi connectivity index (χ2v) is 6.28. The number of likely N-dealkylation sites (tertiary alicyclic amines) is 1. The van der Waals surface area contributed by atoms with Gasteiger partial charge in [-0.25, -0.2) is 0 Å². The maximum Gasteiger partial charge on any atom is 0.0409 e. The summed E-state index contributed by atoms with van der Waals surface area (Å²) in [6.45, 7) is 11.3. The molecule has 1 saturated heterocycles. The normalized spacial score (nSPS) is 15.6. The zero-order chi connectivity index (χ0) is 15.1. The highest BCUT2D eigenvalue weighted by Crippen LogP contribution is 2.21. The topological polar surface area (TPSA) is 18.5 Å². The van der Waals surface area contributed by atoms with E-state index in [0.29, 0.717) is 0 Å². The number of nitrogens with one attached hydrogen (secondary N) is 1. The smallest absolute Gasteiger partial charge is 0.0409 e. The molecule has 1 aromatic carbocycles. The molecule has 21 heavy (non-hydrogen) atoms. The summed E-state index contributed by atoms with van der Waals surface area (Å²) in [6, 6.07) is 6.83. The van der Waals surface area contributed by atoms with Crippen LogP contribution in [0, 0.1) is 6.92 Å². The average Bonchev–Trinajstić information content (AvgIpc) is 2.98. The number of rotatable bonds is 8. The van der Waals surface area contributed by atoms with Gasteiger partial charge in [-0.15, -0.1) is 0 Å². The molecule has 0 spiro atoms. The molecule has 118 valence electrons. The van der Waals surface area contributed by atoms with Crippen LogP contribution < -0.4 is 10.2 Å². The van der Waals surface area contributed by atoms with E-state index in [0.717, 1.165) is 19.6 Å². The van der Waals surface area contributed by atoms with Gasteiger partial charge in [0.1, 0.15) is 0 Å². The number of aryl methyl sites for hydroxylation is 1. The van der Waals surface area contributed by atoms with Crippen molar-refractivity contribution in [1.29, 1.82) is 0 Å². The van der Waals surface area contributed by atoms with Crippen molar-refractivity contribution in [2.75, 3.05) is 44.7 Å². The van der Waals surface area contributed by atoms with Crippen LogP contribution in [0.15, 0.2) is 18.2 Å². The fourth-order valence-corrected chi connectivity index (χ4v) is 3.05. The highest BCUT2D eigenvalue weighted by Gasteiger charge is 2.13. The van der Waals surface area contributed by atoms with Crippen molar-refractivity contribution in [2.24, 2.45) is 0 Å². The molecule has 0 aliphatic carbocycles. The van der Waals surface area contributed by atoms with E-state index in [2.05, 4.69) is 54.2 Å². The molecule has 0 unspecified atom stereocenters. The maximum absolute atomic E-state index is 3.53. The lowest BCUT2D eigenvalue weighted by molar-refractivity contribution is 0.346. The minimum Gasteiger partial charge on any atom is -0.373 e. The Kier molecular flexibility index (Phi) is 6.52. The SMILES string of the molecule is CCCNCc1cc(C)ccc1N(C)CCN1CCCC1. The largest absolute Gasteiger partial charge is 0.373 e. The van der Waals surface area contributed by atoms with Crippen molar-refractivity contribution in [2.45, 2.75) is 39.7 Å². The summed E-state index contributed by atoms with van der Waals surface area (Å²) < 4.78 is 0. The third-order valence-electron chi connectivity index (χ3n) is 4.34. The molecule has 0 saturated carbocycles. The summed E-state index contributed by atoms with van der Waals surface area (Å²) in [5.41, 5.74) is 4.15. The summed E-state index contributed by atoms with van der Waals surface area (Å²) in [4.78, 5) is 5.00. The van der Waals surface area contributed by atoms with E-state index in [-0.39, 0.29) is 0 Å². The van der Waals surface area contributed by atoms with Crippen molar-refractivity contribution >= 4 is 5.69 Å². The van der Waals surface area contributed by atoms with Crippen LogP contribution in [0.2, 0.25) is 0 Å². The second kappa shape index (κ2) is 8.40. The molecule has 0 amide bonds. The highest BCUT2D eigenvalue weighted by atomic mass is 15.2. The molecule has 1 N–H and O–H groups in total. The van der Waals surface area contributed by atoms with Crippen LogP contribution in [0.3, 0.4) is 0 Å². The lowest BCUT2D eigenvalue weighted by Gasteiger charge is -2.25. The number of hydrogen-bond donors (Lipinski definition) is 1. The molecule has 1 aliphatic rings. The second-order valence-electron chi connectivity index (χ2n) is 6.28. The minimum absolute atomic E-state index is 0.971. The van der Waals surface area contributed by atoms with Gasteiger partial charge in [0.25, 0.3) is 0 Å². The van der Waals surface area contributed by atoms with E-state index in [9.17, 15) is 0 Å². The predicted octanol–water partition coefficient (Wildman–Crippen LogP) is 3.03. The van der Waals surface area contributed by atoms with Gasteiger partial charge in [0.2, 0.25) is 0 Å². The molecule has 1 fully saturated rings. The lowest BCUT2D eigenvalue weighted by Crippen LogP contribution is -2.32. The maximum atomic E-state index is 3.53. The average molecular weight is 289 g/mol. The number of hydrogen-bond acceptors (Lipinski definition) is 3. The molecule has 3 heteroatoms. The first-order valence-electron chi connectivity index (χ1n) is 8.44. The van der Waals surface area contributed by atoms with Gasteiger partial charge in [-0.2, -0.15) is 0 Å². The third-order valence-corrected chi connectivity index (χ3v) is 4.34. The number of anilines is 1. The molecular formula is C18H31N3. The monoisotopic (exact) mass is 289 g/mol. The number of benzene rings is 1. The van der Waals surface area contributed by atoms with Crippen molar-refractivity contribution in [3.05, 3.63) is 29.3 Å². The van der Waals surface area contributed by atoms with Crippen LogP contribution >= 0.6 is 0 Å². The Balaban J connectivity index is 1.95. The summed E-state index contributed by atoms with van der Waals surface area (Å²) in [5, 5.41) is 3.53. The molecule has 0 bridgehead atoms. The van der Waals surface area contributed by atoms with Gasteiger partial charge in [0.05, 0.1) is 0 Å². The quantitative estimate of drug-likeness (QED) is 0.742. The van der Waals surface area contributed by atoms with E-state index in [1.807, 2.05) is 0 Å². The Morgan fingerprint density at radius 1 is 1.24 bits per heavy atom. The van der Waals surface area contributed by atoms with Crippen LogP contribution in [0.25, 0.3) is 0 Å². The zero-order valence-electron chi connectivity index (χ0n) is 14.0. The standard InChI is InChI=1S/C18H31N3/c1-4-9-19-15-17-14-16(2)7-8-18(17)20(3)12-13-21-10-5-6-11-21/h7-8,14,19H,4-6,9-13,15H2,1-3H3. The van der Waals surface area contributed by atoms with Gasteiger partial charge >= 0.3 is 0 Å². The van der Waals surface area contributed by atoms with Crippen LogP contribution in [0.5, 0.6) is 0 Å². The number of likely N-dealkylation sites (N-methyl/N-ethyl adjacent to an activating group) is 1. The summed E-state index contributed by atoms with van der Waals surface area (Å²) >= 11 is 0. The van der Waals surface area contributed by atoms with Crippen LogP contribution in [-0.2, 0) is 6.54 Å². The van der Waals surface area contributed by atoms with E-state index in [1.54, 1.807) is 0 Å². The zero-order valence-corrected chi connectivity index (χ0v) is 14.0. The first-order valence-corrected chi connectivity index (χ1v) is 8.44. The van der Waals surface area contributed by atoms with Gasteiger partial charge in [0.15, 0.2) is 0 Å². The first-order chi connectivity index (χ1) is 10.2. The van der Waals surface area contributed by atoms with Crippen LogP contribution in [0.1, 0.15) is 37.3 Å². The molecule has 2 rings (SSSR count). The Labute approximate surface area is 130 Å². The molecule has 0 radical (unpaired) electrons. The highest BCUT2D eigenvalue weighted by molar-refractivity contribution is 5.54. The van der Waals surface area contributed by atoms with Crippen molar-refractivity contribution in [3.8, 4) is 0 Å². The Morgan fingerprint density at radius 2 is 2.00 bits per heavy atom. The summed E-state index contributed by atoms with van der Waals surface area (Å²) in [6.07, 6.45) is 3.94. The van der Waals surface area contributed by atoms with Crippen molar-refractivity contribution in [1.82, 2.24) is 10.2 Å². The molecule has 1 aliphatic heterocycles. The molecule has 0 atom stereocenters. The van der Waals surface area contributed by atoms with Crippen LogP contribution in [0.4, 0.5) is 5.69 Å². The fraction of sp³-hybridized carbons (Fsp3) is 0.667. The Morgan fingerprint density at radius 3 is 2.71 bits per heavy atom. The van der Waals surface area contributed by atoms with E-state index < -0.39 is 0 Å². The van der Waals surface area contributed by atoms with Gasteiger partial charge in [0, 0.05) is 32.4 Å². The minimum atomic E-state index is 0.971. The molecule has 1 aromatic rings. The lowest BCUT2D eigenvalue weighted by atomic mass is 10.1. The van der Waals surface area contributed by atoms with E-state index in [4.69, 9.17) is 0 Å². The van der Waals surface area contributed by atoms with Gasteiger partial charge in [-0.3, -0.25) is 0 Å². The van der Waals surface area contributed by atoms with E-state index in [1.165, 1.54) is 55.7 Å². The molecule has 1 heterocycles. The number of nitrogens with zero attached hydrogens (tertiary/aromatic N) is 2. The predicted molar refractivity (Wildman–Crippen MR) is 92.1 cm³/mol. The van der Waals surface area contributed by atoms with E-state index >= 15 is 0 Å². The Bertz CT molecular complexity index is 424. The van der Waals surface area contributed by atoms with Gasteiger partial charge < -0.3 is 15.1 Å². The van der Waals surface area contributed by atoms with Crippen molar-refractivity contribution < 1.29 is 0 Å². The first kappa shape index (κ1) is 16.3. The van der Waals surface area contributed by atoms with Crippen molar-refractivity contribution in [3.63, 3.8) is 0 Å². The van der Waals surface area contributed by atoms with Gasteiger partial charge in [-0.1, -0.05) is 24.6 Å². The molecule has 0 aromatic heterocycles. The summed E-state index contributed by atoms with van der Waals surface area (Å²) in [5.74, 6) is 0. The van der Waals surface area contributed by atoms with Crippen LogP contribution in [-0.4, -0.2) is 44.7 Å². The molecule has 3 nitrogen and oxygen atoms in total. The fourth-order valence-electron chi connectivity index (χ4n) is 3.05. The molecular weight excluding hydrogens is 258 g/mol. The van der Waals surface area contributed by atoms with Gasteiger partial charge in [-0.05, 0) is 57.5 Å². The third kappa shape index (κ3) is 5.01.